The van der Waals surface area contributed by atoms with Crippen LogP contribution in [0.5, 0.6) is 0 Å². The van der Waals surface area contributed by atoms with E-state index in [2.05, 4.69) is 13.2 Å². The molecule has 1 N–H and O–H groups in total. The molecule has 0 rings (SSSR count). The summed E-state index contributed by atoms with van der Waals surface area (Å²) in [7, 11) is 0. The first-order chi connectivity index (χ1) is 7.12. The van der Waals surface area contributed by atoms with Crippen molar-refractivity contribution in [1.82, 2.24) is 0 Å². The predicted molar refractivity (Wildman–Crippen MR) is 56.5 cm³/mol. The number of carbonyl (C=O) groups is 1. The molecule has 16 heavy (non-hydrogen) atoms. The second-order valence-corrected chi connectivity index (χ2v) is 3.23. The minimum Gasteiger partial charge on any atom is -0.296 e. The first-order valence-electron chi connectivity index (χ1n) is 4.32. The zero-order valence-corrected chi connectivity index (χ0v) is 9.03. The highest BCUT2D eigenvalue weighted by molar-refractivity contribution is 6.15. The van der Waals surface area contributed by atoms with Crippen LogP contribution in [0.25, 0.3) is 0 Å². The van der Waals surface area contributed by atoms with Gasteiger partial charge in [-0.05, 0) is 19.4 Å². The maximum atomic E-state index is 12.3. The monoisotopic (exact) mass is 231 g/mol. The highest BCUT2D eigenvalue weighted by atomic mass is 19.4. The molecule has 0 aliphatic carbocycles. The maximum absolute atomic E-state index is 12.3. The van der Waals surface area contributed by atoms with Gasteiger partial charge in [0.05, 0.1) is 0 Å². The Balaban J connectivity index is 5.52. The van der Waals surface area contributed by atoms with E-state index in [1.807, 2.05) is 0 Å². The minimum absolute atomic E-state index is 0.117. The molecule has 0 spiro atoms. The Bertz CT molecular complexity index is 389. The summed E-state index contributed by atoms with van der Waals surface area (Å²) < 4.78 is 36.8. The molecule has 0 saturated carbocycles. The van der Waals surface area contributed by atoms with Gasteiger partial charge in [0.2, 0.25) is 0 Å². The summed E-state index contributed by atoms with van der Waals surface area (Å²) in [4.78, 5) is 11.4. The molecular weight excluding hydrogens is 219 g/mol. The van der Waals surface area contributed by atoms with E-state index in [0.29, 0.717) is 0 Å². The normalized spacial score (nSPS) is 12.8. The van der Waals surface area contributed by atoms with Gasteiger partial charge in [-0.2, -0.15) is 13.2 Å². The zero-order chi connectivity index (χ0) is 13.1. The lowest BCUT2D eigenvalue weighted by Crippen LogP contribution is -2.25. The number of hydrogen-bond acceptors (Lipinski definition) is 2. The van der Waals surface area contributed by atoms with E-state index in [0.717, 1.165) is 6.08 Å². The van der Waals surface area contributed by atoms with Crippen molar-refractivity contribution < 1.29 is 18.0 Å². The third-order valence-corrected chi connectivity index (χ3v) is 1.89. The van der Waals surface area contributed by atoms with Gasteiger partial charge in [-0.3, -0.25) is 10.2 Å². The van der Waals surface area contributed by atoms with E-state index in [1.165, 1.54) is 13.8 Å². The standard InChI is InChI=1S/C11H12F3NO/c1-5-8(10(15)11(12,13)14)7(4)9(16)6(2)3/h5,15H,1-2H2,3-4H3/b8-7+,15-10?. The molecule has 0 aliphatic rings. The molecule has 0 amide bonds. The van der Waals surface area contributed by atoms with Gasteiger partial charge in [-0.25, -0.2) is 0 Å². The van der Waals surface area contributed by atoms with Crippen LogP contribution in [0.3, 0.4) is 0 Å². The van der Waals surface area contributed by atoms with Gasteiger partial charge in [0.15, 0.2) is 5.78 Å². The molecule has 0 aromatic heterocycles. The molecule has 0 atom stereocenters. The second-order valence-electron chi connectivity index (χ2n) is 3.23. The topological polar surface area (TPSA) is 40.9 Å². The highest BCUT2D eigenvalue weighted by Gasteiger charge is 2.36. The zero-order valence-electron chi connectivity index (χ0n) is 9.03. The third-order valence-electron chi connectivity index (χ3n) is 1.89. The summed E-state index contributed by atoms with van der Waals surface area (Å²) >= 11 is 0. The van der Waals surface area contributed by atoms with Crippen LogP contribution < -0.4 is 0 Å². The third kappa shape index (κ3) is 3.18. The largest absolute Gasteiger partial charge is 0.433 e. The number of hydrogen-bond donors (Lipinski definition) is 1. The Labute approximate surface area is 91.7 Å². The first-order valence-corrected chi connectivity index (χ1v) is 4.32. The van der Waals surface area contributed by atoms with Crippen molar-refractivity contribution in [3.63, 3.8) is 0 Å². The molecule has 88 valence electrons. The van der Waals surface area contributed by atoms with Crippen molar-refractivity contribution in [2.24, 2.45) is 0 Å². The van der Waals surface area contributed by atoms with Crippen LogP contribution in [-0.2, 0) is 4.79 Å². The van der Waals surface area contributed by atoms with E-state index in [4.69, 9.17) is 5.41 Å². The fourth-order valence-corrected chi connectivity index (χ4v) is 1.04. The average molecular weight is 231 g/mol. The second kappa shape index (κ2) is 4.92. The van der Waals surface area contributed by atoms with Gasteiger partial charge in [-0.1, -0.05) is 19.2 Å². The number of ketones is 1. The van der Waals surface area contributed by atoms with Gasteiger partial charge in [0, 0.05) is 11.1 Å². The number of allylic oxidation sites excluding steroid dienone is 4. The van der Waals surface area contributed by atoms with Crippen LogP contribution in [-0.4, -0.2) is 17.7 Å². The Morgan fingerprint density at radius 1 is 1.31 bits per heavy atom. The van der Waals surface area contributed by atoms with E-state index in [9.17, 15) is 18.0 Å². The lowest BCUT2D eigenvalue weighted by Gasteiger charge is -2.12. The van der Waals surface area contributed by atoms with Gasteiger partial charge < -0.3 is 0 Å². The summed E-state index contributed by atoms with van der Waals surface area (Å²) in [5, 5.41) is 6.93. The van der Waals surface area contributed by atoms with Gasteiger partial charge in [-0.15, -0.1) is 0 Å². The van der Waals surface area contributed by atoms with Crippen molar-refractivity contribution in [3.8, 4) is 0 Å². The van der Waals surface area contributed by atoms with E-state index in [-0.39, 0.29) is 11.1 Å². The minimum atomic E-state index is -4.79. The number of Topliss-reactive ketones (excluding diaryl/α,β-unsaturated/α-hetero) is 1. The van der Waals surface area contributed by atoms with E-state index < -0.39 is 23.2 Å². The van der Waals surface area contributed by atoms with Crippen molar-refractivity contribution in [1.29, 1.82) is 5.41 Å². The van der Waals surface area contributed by atoms with Crippen molar-refractivity contribution in [2.75, 3.05) is 0 Å². The van der Waals surface area contributed by atoms with Crippen LogP contribution in [0.2, 0.25) is 0 Å². The molecule has 0 radical (unpaired) electrons. The molecule has 0 bridgehead atoms. The number of carbonyl (C=O) groups excluding carboxylic acids is 1. The predicted octanol–water partition coefficient (Wildman–Crippen LogP) is 3.22. The number of alkyl halides is 3. The highest BCUT2D eigenvalue weighted by Crippen LogP contribution is 2.24. The van der Waals surface area contributed by atoms with E-state index in [1.54, 1.807) is 0 Å². The first kappa shape index (κ1) is 14.3. The molecular formula is C11H12F3NO. The summed E-state index contributed by atoms with van der Waals surface area (Å²) in [6.07, 6.45) is -3.94. The number of halogens is 3. The lowest BCUT2D eigenvalue weighted by molar-refractivity contribution is -0.112. The smallest absolute Gasteiger partial charge is 0.296 e. The molecule has 0 aliphatic heterocycles. The van der Waals surface area contributed by atoms with Gasteiger partial charge in [0.1, 0.15) is 5.71 Å². The maximum Gasteiger partial charge on any atom is 0.433 e. The summed E-state index contributed by atoms with van der Waals surface area (Å²) in [6, 6.07) is 0. The molecule has 0 fully saturated rings. The quantitative estimate of drug-likeness (QED) is 0.450. The average Bonchev–Trinajstić information content (AvgIpc) is 2.15. The van der Waals surface area contributed by atoms with Gasteiger partial charge in [0.25, 0.3) is 0 Å². The lowest BCUT2D eigenvalue weighted by atomic mass is 9.98. The Morgan fingerprint density at radius 2 is 1.75 bits per heavy atom. The Hall–Kier alpha value is -1.65. The molecule has 0 aromatic carbocycles. The molecule has 0 unspecified atom stereocenters. The van der Waals surface area contributed by atoms with Crippen LogP contribution in [0.1, 0.15) is 13.8 Å². The van der Waals surface area contributed by atoms with E-state index >= 15 is 0 Å². The van der Waals surface area contributed by atoms with Crippen LogP contribution in [0, 0.1) is 5.41 Å². The van der Waals surface area contributed by atoms with Gasteiger partial charge >= 0.3 is 6.18 Å². The van der Waals surface area contributed by atoms with Crippen molar-refractivity contribution >= 4 is 11.5 Å². The number of nitrogens with one attached hydrogen (secondary N) is 1. The summed E-state index contributed by atoms with van der Waals surface area (Å²) in [5.41, 5.74) is -2.15. The van der Waals surface area contributed by atoms with Crippen LogP contribution in [0.4, 0.5) is 13.2 Å². The summed E-state index contributed by atoms with van der Waals surface area (Å²) in [5.74, 6) is -0.608. The Kier molecular flexibility index (Phi) is 4.41. The van der Waals surface area contributed by atoms with Crippen LogP contribution >= 0.6 is 0 Å². The fourth-order valence-electron chi connectivity index (χ4n) is 1.04. The molecule has 0 aromatic rings. The SMILES string of the molecule is C=C/C(C(=N)C(F)(F)F)=C(/C)C(=O)C(=C)C. The fraction of sp³-hybridized carbons (Fsp3) is 0.273. The molecule has 2 nitrogen and oxygen atoms in total. The Morgan fingerprint density at radius 3 is 2.00 bits per heavy atom. The van der Waals surface area contributed by atoms with Crippen molar-refractivity contribution in [3.05, 3.63) is 36.0 Å². The van der Waals surface area contributed by atoms with Crippen LogP contribution in [0.15, 0.2) is 36.0 Å². The van der Waals surface area contributed by atoms with Crippen molar-refractivity contribution in [2.45, 2.75) is 20.0 Å². The number of rotatable bonds is 4. The molecule has 0 saturated heterocycles. The summed E-state index contributed by atoms with van der Waals surface area (Å²) in [6.45, 7) is 9.13. The molecule has 5 heteroatoms. The molecule has 0 heterocycles.